The van der Waals surface area contributed by atoms with Crippen molar-refractivity contribution in [3.05, 3.63) is 0 Å². The van der Waals surface area contributed by atoms with E-state index in [1.165, 1.54) is 0 Å². The minimum absolute atomic E-state index is 0.0529. The van der Waals surface area contributed by atoms with Gasteiger partial charge in [-0.05, 0) is 25.7 Å². The second-order valence-corrected chi connectivity index (χ2v) is 5.03. The van der Waals surface area contributed by atoms with Crippen molar-refractivity contribution >= 4 is 5.91 Å². The van der Waals surface area contributed by atoms with Gasteiger partial charge in [-0.3, -0.25) is 9.69 Å². The summed E-state index contributed by atoms with van der Waals surface area (Å²) in [6.07, 6.45) is 2.09. The number of ether oxygens (including phenoxy) is 1. The van der Waals surface area contributed by atoms with Crippen molar-refractivity contribution in [3.8, 4) is 6.07 Å². The Bertz CT molecular complexity index is 329. The third-order valence-corrected chi connectivity index (χ3v) is 3.50. The Labute approximate surface area is 102 Å². The standard InChI is InChI=1S/C12H19N3O2/c1-12(9-13,10-2-3-10)14-11(16)8-15-4-6-17-7-5-15/h10H,2-8H2,1H3,(H,14,16)/t12-/m1/s1. The first-order valence-electron chi connectivity index (χ1n) is 6.16. The summed E-state index contributed by atoms with van der Waals surface area (Å²) in [4.78, 5) is 13.9. The number of nitrogens with zero attached hydrogens (tertiary/aromatic N) is 2. The van der Waals surface area contributed by atoms with Crippen LogP contribution >= 0.6 is 0 Å². The van der Waals surface area contributed by atoms with Gasteiger partial charge in [-0.2, -0.15) is 5.26 Å². The van der Waals surface area contributed by atoms with Gasteiger partial charge in [0.15, 0.2) is 0 Å². The van der Waals surface area contributed by atoms with E-state index < -0.39 is 5.54 Å². The third-order valence-electron chi connectivity index (χ3n) is 3.50. The Hall–Kier alpha value is -1.12. The number of nitriles is 1. The van der Waals surface area contributed by atoms with E-state index in [9.17, 15) is 4.79 Å². The molecule has 0 radical (unpaired) electrons. The first kappa shape index (κ1) is 12.3. The molecule has 1 saturated carbocycles. The largest absolute Gasteiger partial charge is 0.379 e. The number of rotatable bonds is 4. The summed E-state index contributed by atoms with van der Waals surface area (Å²) in [6, 6.07) is 2.23. The molecule has 1 saturated heterocycles. The van der Waals surface area contributed by atoms with Crippen LogP contribution in [0.25, 0.3) is 0 Å². The molecule has 0 aromatic heterocycles. The molecule has 1 amide bonds. The van der Waals surface area contributed by atoms with Gasteiger partial charge >= 0.3 is 0 Å². The zero-order valence-electron chi connectivity index (χ0n) is 10.2. The molecule has 1 atom stereocenters. The maximum absolute atomic E-state index is 11.9. The molecule has 5 heteroatoms. The second kappa shape index (κ2) is 5.03. The van der Waals surface area contributed by atoms with Gasteiger partial charge in [0.05, 0.1) is 25.8 Å². The SMILES string of the molecule is C[C@](C#N)(NC(=O)CN1CCOCC1)C1CC1. The fraction of sp³-hybridized carbons (Fsp3) is 0.833. The Morgan fingerprint density at radius 3 is 2.71 bits per heavy atom. The van der Waals surface area contributed by atoms with Crippen LogP contribution in [-0.4, -0.2) is 49.2 Å². The highest BCUT2D eigenvalue weighted by Crippen LogP contribution is 2.39. The highest BCUT2D eigenvalue weighted by molar-refractivity contribution is 5.79. The number of morpholine rings is 1. The number of hydrogen-bond acceptors (Lipinski definition) is 4. The highest BCUT2D eigenvalue weighted by atomic mass is 16.5. The summed E-state index contributed by atoms with van der Waals surface area (Å²) in [5, 5.41) is 12.0. The predicted octanol–water partition coefficient (Wildman–Crippen LogP) is 0.127. The minimum Gasteiger partial charge on any atom is -0.379 e. The average Bonchev–Trinajstić information content (AvgIpc) is 3.14. The topological polar surface area (TPSA) is 65.4 Å². The summed E-state index contributed by atoms with van der Waals surface area (Å²) < 4.78 is 5.23. The molecule has 1 N–H and O–H groups in total. The van der Waals surface area contributed by atoms with E-state index in [1.54, 1.807) is 0 Å². The van der Waals surface area contributed by atoms with Crippen LogP contribution in [-0.2, 0) is 9.53 Å². The van der Waals surface area contributed by atoms with Crippen molar-refractivity contribution in [2.24, 2.45) is 5.92 Å². The maximum atomic E-state index is 11.9. The van der Waals surface area contributed by atoms with Crippen molar-refractivity contribution in [2.75, 3.05) is 32.8 Å². The van der Waals surface area contributed by atoms with E-state index in [4.69, 9.17) is 10.00 Å². The van der Waals surface area contributed by atoms with Crippen molar-refractivity contribution in [2.45, 2.75) is 25.3 Å². The van der Waals surface area contributed by atoms with E-state index in [0.29, 0.717) is 25.7 Å². The Kier molecular flexibility index (Phi) is 3.65. The molecule has 0 aromatic carbocycles. The molecule has 0 spiro atoms. The quantitative estimate of drug-likeness (QED) is 0.754. The number of carbonyl (C=O) groups is 1. The molecule has 0 unspecified atom stereocenters. The fourth-order valence-corrected chi connectivity index (χ4v) is 2.17. The highest BCUT2D eigenvalue weighted by Gasteiger charge is 2.43. The third kappa shape index (κ3) is 3.18. The minimum atomic E-state index is -0.677. The molecule has 1 aliphatic heterocycles. The summed E-state index contributed by atoms with van der Waals surface area (Å²) in [6.45, 7) is 5.15. The zero-order chi connectivity index (χ0) is 12.3. The van der Waals surface area contributed by atoms with Crippen LogP contribution in [0.15, 0.2) is 0 Å². The van der Waals surface area contributed by atoms with Crippen molar-refractivity contribution in [3.63, 3.8) is 0 Å². The van der Waals surface area contributed by atoms with Crippen molar-refractivity contribution < 1.29 is 9.53 Å². The molecular weight excluding hydrogens is 218 g/mol. The smallest absolute Gasteiger partial charge is 0.235 e. The van der Waals surface area contributed by atoms with Crippen LogP contribution in [0.5, 0.6) is 0 Å². The van der Waals surface area contributed by atoms with E-state index in [2.05, 4.69) is 16.3 Å². The predicted molar refractivity (Wildman–Crippen MR) is 62.1 cm³/mol. The summed E-state index contributed by atoms with van der Waals surface area (Å²) in [7, 11) is 0. The maximum Gasteiger partial charge on any atom is 0.235 e. The van der Waals surface area contributed by atoms with Gasteiger partial charge in [0.2, 0.25) is 5.91 Å². The van der Waals surface area contributed by atoms with Gasteiger partial charge in [0, 0.05) is 13.1 Å². The Balaban J connectivity index is 1.81. The van der Waals surface area contributed by atoms with Crippen LogP contribution in [0.4, 0.5) is 0 Å². The molecule has 2 rings (SSSR count). The molecule has 17 heavy (non-hydrogen) atoms. The average molecular weight is 237 g/mol. The van der Waals surface area contributed by atoms with Crippen LogP contribution in [0.3, 0.4) is 0 Å². The lowest BCUT2D eigenvalue weighted by molar-refractivity contribution is -0.124. The van der Waals surface area contributed by atoms with Gasteiger partial charge in [0.1, 0.15) is 5.54 Å². The molecule has 2 fully saturated rings. The van der Waals surface area contributed by atoms with E-state index in [1.807, 2.05) is 6.92 Å². The first-order valence-corrected chi connectivity index (χ1v) is 6.16. The van der Waals surface area contributed by atoms with Crippen LogP contribution in [0.2, 0.25) is 0 Å². The molecule has 0 aromatic rings. The molecule has 1 heterocycles. The summed E-state index contributed by atoms with van der Waals surface area (Å²) in [5.74, 6) is 0.281. The molecule has 0 bridgehead atoms. The van der Waals surface area contributed by atoms with Crippen molar-refractivity contribution in [1.29, 1.82) is 5.26 Å². The van der Waals surface area contributed by atoms with Gasteiger partial charge in [-0.15, -0.1) is 0 Å². The first-order chi connectivity index (χ1) is 8.14. The van der Waals surface area contributed by atoms with Crippen LogP contribution in [0, 0.1) is 17.2 Å². The summed E-state index contributed by atoms with van der Waals surface area (Å²) in [5.41, 5.74) is -0.677. The van der Waals surface area contributed by atoms with E-state index in [0.717, 1.165) is 25.9 Å². The van der Waals surface area contributed by atoms with Gasteiger partial charge in [-0.1, -0.05) is 0 Å². The lowest BCUT2D eigenvalue weighted by Gasteiger charge is -2.28. The van der Waals surface area contributed by atoms with Crippen LogP contribution in [0.1, 0.15) is 19.8 Å². The number of nitrogens with one attached hydrogen (secondary N) is 1. The lowest BCUT2D eigenvalue weighted by atomic mass is 9.98. The van der Waals surface area contributed by atoms with E-state index >= 15 is 0 Å². The van der Waals surface area contributed by atoms with Gasteiger partial charge in [-0.25, -0.2) is 0 Å². The lowest BCUT2D eigenvalue weighted by Crippen LogP contribution is -2.51. The van der Waals surface area contributed by atoms with Crippen LogP contribution < -0.4 is 5.32 Å². The Morgan fingerprint density at radius 1 is 1.53 bits per heavy atom. The molecule has 5 nitrogen and oxygen atoms in total. The molecule has 1 aliphatic carbocycles. The second-order valence-electron chi connectivity index (χ2n) is 5.03. The summed E-state index contributed by atoms with van der Waals surface area (Å²) >= 11 is 0. The van der Waals surface area contributed by atoms with Gasteiger partial charge in [0.25, 0.3) is 0 Å². The zero-order valence-corrected chi connectivity index (χ0v) is 10.2. The van der Waals surface area contributed by atoms with Crippen molar-refractivity contribution in [1.82, 2.24) is 10.2 Å². The fourth-order valence-electron chi connectivity index (χ4n) is 2.17. The number of hydrogen-bond donors (Lipinski definition) is 1. The molecular formula is C12H19N3O2. The number of carbonyl (C=O) groups excluding carboxylic acids is 1. The van der Waals surface area contributed by atoms with Gasteiger partial charge < -0.3 is 10.1 Å². The monoisotopic (exact) mass is 237 g/mol. The molecule has 2 aliphatic rings. The number of amides is 1. The Morgan fingerprint density at radius 2 is 2.18 bits per heavy atom. The molecule has 94 valence electrons. The van der Waals surface area contributed by atoms with E-state index in [-0.39, 0.29) is 5.91 Å². The normalized spacial score (nSPS) is 24.7.